The first-order chi connectivity index (χ1) is 10.0. The van der Waals surface area contributed by atoms with Gasteiger partial charge in [-0.1, -0.05) is 34.8 Å². The molecule has 0 aliphatic carbocycles. The van der Waals surface area contributed by atoms with Crippen LogP contribution in [0.2, 0.25) is 15.1 Å². The lowest BCUT2D eigenvalue weighted by molar-refractivity contribution is -0.115. The molecule has 0 aromatic heterocycles. The first-order valence-corrected chi connectivity index (χ1v) is 7.46. The minimum atomic E-state index is -0.0175. The summed E-state index contributed by atoms with van der Waals surface area (Å²) >= 11 is 18.3. The molecule has 0 bridgehead atoms. The van der Waals surface area contributed by atoms with Crippen LogP contribution in [0.4, 0.5) is 11.4 Å². The van der Waals surface area contributed by atoms with Crippen molar-refractivity contribution in [2.75, 3.05) is 10.6 Å². The molecular weight excluding hydrogens is 331 g/mol. The number of anilines is 2. The lowest BCUT2D eigenvalue weighted by atomic mass is 10.1. The van der Waals surface area contributed by atoms with Crippen LogP contribution in [0, 0.1) is 0 Å². The molecule has 3 rings (SSSR count). The van der Waals surface area contributed by atoms with Gasteiger partial charge in [-0.05, 0) is 41.5 Å². The highest BCUT2D eigenvalue weighted by Crippen LogP contribution is 2.33. The highest BCUT2D eigenvalue weighted by Gasteiger charge is 2.19. The van der Waals surface area contributed by atoms with E-state index in [1.54, 1.807) is 18.2 Å². The Morgan fingerprint density at radius 3 is 2.71 bits per heavy atom. The molecule has 2 aromatic rings. The fourth-order valence-electron chi connectivity index (χ4n) is 2.25. The zero-order valence-corrected chi connectivity index (χ0v) is 13.1. The molecule has 0 atom stereocenters. The molecule has 0 unspecified atom stereocenters. The first kappa shape index (κ1) is 14.5. The maximum atomic E-state index is 11.4. The van der Waals surface area contributed by atoms with E-state index >= 15 is 0 Å². The van der Waals surface area contributed by atoms with Crippen molar-refractivity contribution in [2.45, 2.75) is 13.0 Å². The lowest BCUT2D eigenvalue weighted by Crippen LogP contribution is -2.03. The Kier molecular flexibility index (Phi) is 3.98. The number of hydrogen-bond acceptors (Lipinski definition) is 2. The zero-order valence-electron chi connectivity index (χ0n) is 10.8. The number of hydrogen-bond donors (Lipinski definition) is 2. The quantitative estimate of drug-likeness (QED) is 0.845. The summed E-state index contributed by atoms with van der Waals surface area (Å²) in [6, 6.07) is 8.95. The minimum absolute atomic E-state index is 0.0175. The van der Waals surface area contributed by atoms with Gasteiger partial charge in [-0.2, -0.15) is 0 Å². The first-order valence-electron chi connectivity index (χ1n) is 6.33. The van der Waals surface area contributed by atoms with Gasteiger partial charge < -0.3 is 10.6 Å². The maximum absolute atomic E-state index is 11.4. The predicted octanol–water partition coefficient (Wildman–Crippen LogP) is 4.75. The van der Waals surface area contributed by atoms with Gasteiger partial charge in [0.15, 0.2) is 0 Å². The summed E-state index contributed by atoms with van der Waals surface area (Å²) < 4.78 is 0. The Labute approximate surface area is 137 Å². The Hall–Kier alpha value is -1.42. The van der Waals surface area contributed by atoms with Crippen molar-refractivity contribution in [1.82, 2.24) is 0 Å². The molecule has 1 aliphatic rings. The van der Waals surface area contributed by atoms with Crippen molar-refractivity contribution in [3.05, 3.63) is 56.5 Å². The monoisotopic (exact) mass is 340 g/mol. The van der Waals surface area contributed by atoms with Crippen LogP contribution in [0.5, 0.6) is 0 Å². The van der Waals surface area contributed by atoms with Crippen molar-refractivity contribution in [3.63, 3.8) is 0 Å². The van der Waals surface area contributed by atoms with Crippen LogP contribution in [-0.2, 0) is 17.8 Å². The molecule has 21 heavy (non-hydrogen) atoms. The summed E-state index contributed by atoms with van der Waals surface area (Å²) in [5.41, 5.74) is 3.36. The summed E-state index contributed by atoms with van der Waals surface area (Å²) in [6.07, 6.45) is 0.374. The van der Waals surface area contributed by atoms with Gasteiger partial charge in [0.2, 0.25) is 5.91 Å². The molecule has 1 amide bonds. The average Bonchev–Trinajstić information content (AvgIpc) is 2.78. The Balaban J connectivity index is 1.81. The highest BCUT2D eigenvalue weighted by molar-refractivity contribution is 6.34. The zero-order chi connectivity index (χ0) is 15.0. The minimum Gasteiger partial charge on any atom is -0.380 e. The number of carbonyl (C=O) groups excluding carboxylic acids is 1. The third-order valence-electron chi connectivity index (χ3n) is 3.30. The summed E-state index contributed by atoms with van der Waals surface area (Å²) in [5.74, 6) is -0.0175. The van der Waals surface area contributed by atoms with Crippen LogP contribution in [0.3, 0.4) is 0 Å². The van der Waals surface area contributed by atoms with Crippen molar-refractivity contribution >= 4 is 52.1 Å². The molecule has 0 fully saturated rings. The van der Waals surface area contributed by atoms with Crippen LogP contribution in [0.1, 0.15) is 11.1 Å². The Morgan fingerprint density at radius 2 is 1.90 bits per heavy atom. The molecule has 1 heterocycles. The number of carbonyl (C=O) groups is 1. The second-order valence-electron chi connectivity index (χ2n) is 4.80. The smallest absolute Gasteiger partial charge is 0.228 e. The standard InChI is InChI=1S/C15H11Cl3N2O/c16-10-1-2-11(17)9(3-10)7-19-14-4-8-5-15(21)20-13(8)6-12(14)18/h1-4,6,19H,5,7H2,(H,20,21). The van der Waals surface area contributed by atoms with Gasteiger partial charge in [0.1, 0.15) is 0 Å². The number of amides is 1. The largest absolute Gasteiger partial charge is 0.380 e. The molecule has 0 saturated heterocycles. The van der Waals surface area contributed by atoms with E-state index in [4.69, 9.17) is 34.8 Å². The summed E-state index contributed by atoms with van der Waals surface area (Å²) in [7, 11) is 0. The topological polar surface area (TPSA) is 41.1 Å². The van der Waals surface area contributed by atoms with E-state index in [1.165, 1.54) is 0 Å². The lowest BCUT2D eigenvalue weighted by Gasteiger charge is -2.12. The second-order valence-corrected chi connectivity index (χ2v) is 6.05. The third kappa shape index (κ3) is 3.10. The van der Waals surface area contributed by atoms with Gasteiger partial charge in [-0.25, -0.2) is 0 Å². The van der Waals surface area contributed by atoms with Gasteiger partial charge in [0, 0.05) is 22.3 Å². The average molecular weight is 342 g/mol. The van der Waals surface area contributed by atoms with Crippen LogP contribution in [0.15, 0.2) is 30.3 Å². The summed E-state index contributed by atoms with van der Waals surface area (Å²) in [4.78, 5) is 11.4. The molecular formula is C15H11Cl3N2O. The van der Waals surface area contributed by atoms with E-state index in [0.29, 0.717) is 28.0 Å². The molecule has 0 saturated carbocycles. The van der Waals surface area contributed by atoms with Gasteiger partial charge in [-0.15, -0.1) is 0 Å². The van der Waals surface area contributed by atoms with Gasteiger partial charge in [0.25, 0.3) is 0 Å². The van der Waals surface area contributed by atoms with E-state index in [2.05, 4.69) is 10.6 Å². The number of benzene rings is 2. The summed E-state index contributed by atoms with van der Waals surface area (Å²) in [6.45, 7) is 0.499. The SMILES string of the molecule is O=C1Cc2cc(NCc3cc(Cl)ccc3Cl)c(Cl)cc2N1. The van der Waals surface area contributed by atoms with Crippen LogP contribution in [-0.4, -0.2) is 5.91 Å². The predicted molar refractivity (Wildman–Crippen MR) is 87.6 cm³/mol. The highest BCUT2D eigenvalue weighted by atomic mass is 35.5. The second kappa shape index (κ2) is 5.76. The van der Waals surface area contributed by atoms with Crippen molar-refractivity contribution in [1.29, 1.82) is 0 Å². The number of nitrogens with one attached hydrogen (secondary N) is 2. The Morgan fingerprint density at radius 1 is 1.10 bits per heavy atom. The fourth-order valence-corrected chi connectivity index (χ4v) is 2.86. The molecule has 0 spiro atoms. The van der Waals surface area contributed by atoms with E-state index in [1.807, 2.05) is 12.1 Å². The maximum Gasteiger partial charge on any atom is 0.228 e. The van der Waals surface area contributed by atoms with Gasteiger partial charge in [-0.3, -0.25) is 4.79 Å². The van der Waals surface area contributed by atoms with Gasteiger partial charge in [0.05, 0.1) is 17.1 Å². The third-order valence-corrected chi connectivity index (χ3v) is 4.21. The van der Waals surface area contributed by atoms with E-state index < -0.39 is 0 Å². The normalized spacial score (nSPS) is 13.0. The molecule has 3 nitrogen and oxygen atoms in total. The number of fused-ring (bicyclic) bond motifs is 1. The van der Waals surface area contributed by atoms with E-state index in [0.717, 1.165) is 22.5 Å². The molecule has 108 valence electrons. The van der Waals surface area contributed by atoms with Crippen molar-refractivity contribution < 1.29 is 4.79 Å². The Bertz CT molecular complexity index is 731. The molecule has 6 heteroatoms. The number of rotatable bonds is 3. The molecule has 0 radical (unpaired) electrons. The molecule has 1 aliphatic heterocycles. The fraction of sp³-hybridized carbons (Fsp3) is 0.133. The van der Waals surface area contributed by atoms with Crippen LogP contribution >= 0.6 is 34.8 Å². The van der Waals surface area contributed by atoms with E-state index in [9.17, 15) is 4.79 Å². The molecule has 2 aromatic carbocycles. The summed E-state index contributed by atoms with van der Waals surface area (Å²) in [5, 5.41) is 7.81. The van der Waals surface area contributed by atoms with Crippen molar-refractivity contribution in [3.8, 4) is 0 Å². The van der Waals surface area contributed by atoms with Crippen molar-refractivity contribution in [2.24, 2.45) is 0 Å². The van der Waals surface area contributed by atoms with Crippen LogP contribution < -0.4 is 10.6 Å². The van der Waals surface area contributed by atoms with Crippen LogP contribution in [0.25, 0.3) is 0 Å². The van der Waals surface area contributed by atoms with E-state index in [-0.39, 0.29) is 5.91 Å². The molecule has 2 N–H and O–H groups in total. The number of halogens is 3. The van der Waals surface area contributed by atoms with Gasteiger partial charge >= 0.3 is 0 Å².